The third-order valence-electron chi connectivity index (χ3n) is 14.5. The van der Waals surface area contributed by atoms with Gasteiger partial charge in [0, 0.05) is 21.9 Å². The Kier molecular flexibility index (Phi) is 9.25. The summed E-state index contributed by atoms with van der Waals surface area (Å²) in [5, 5.41) is 14.4. The molecule has 0 aliphatic carbocycles. The number of aromatic nitrogens is 2. The number of rotatable bonds is 6. The van der Waals surface area contributed by atoms with E-state index in [4.69, 9.17) is 9.97 Å². The molecule has 0 aliphatic heterocycles. The van der Waals surface area contributed by atoms with Crippen LogP contribution in [0, 0.1) is 0 Å². The first-order valence-electron chi connectivity index (χ1n) is 24.1. The van der Waals surface area contributed by atoms with Gasteiger partial charge in [-0.25, -0.2) is 9.97 Å². The van der Waals surface area contributed by atoms with Gasteiger partial charge in [-0.05, 0) is 111 Å². The van der Waals surface area contributed by atoms with Crippen LogP contribution in [0.5, 0.6) is 0 Å². The molecule has 0 aliphatic rings. The predicted molar refractivity (Wildman–Crippen MR) is 297 cm³/mol. The monoisotopic (exact) mass is 886 g/mol. The van der Waals surface area contributed by atoms with E-state index in [0.29, 0.717) is 0 Å². The minimum atomic E-state index is 0.907. The molecule has 0 N–H and O–H groups in total. The van der Waals surface area contributed by atoms with E-state index in [9.17, 15) is 0 Å². The zero-order valence-corrected chi connectivity index (χ0v) is 38.1. The Morgan fingerprint density at radius 1 is 0.186 bits per heavy atom. The second-order valence-corrected chi connectivity index (χ2v) is 18.3. The van der Waals surface area contributed by atoms with Crippen molar-refractivity contribution in [3.63, 3.8) is 0 Å². The Morgan fingerprint density at radius 2 is 0.514 bits per heavy atom. The molecule has 0 saturated carbocycles. The Labute approximate surface area is 405 Å². The average Bonchev–Trinajstić information content (AvgIpc) is 3.44. The molecule has 14 aromatic rings. The number of hydrogen-bond acceptors (Lipinski definition) is 2. The van der Waals surface area contributed by atoms with Crippen LogP contribution in [0.3, 0.4) is 0 Å². The highest BCUT2D eigenvalue weighted by Crippen LogP contribution is 2.49. The summed E-state index contributed by atoms with van der Waals surface area (Å²) < 4.78 is 0. The van der Waals surface area contributed by atoms with Gasteiger partial charge in [0.1, 0.15) is 0 Å². The van der Waals surface area contributed by atoms with E-state index < -0.39 is 0 Å². The maximum Gasteiger partial charge on any atom is 0.0972 e. The molecule has 0 fully saturated rings. The molecule has 0 unspecified atom stereocenters. The van der Waals surface area contributed by atoms with Gasteiger partial charge in [0.2, 0.25) is 0 Å². The van der Waals surface area contributed by atoms with Crippen LogP contribution in [-0.2, 0) is 0 Å². The quantitative estimate of drug-likeness (QED) is 0.123. The van der Waals surface area contributed by atoms with Crippen molar-refractivity contribution in [3.8, 4) is 67.0 Å². The minimum absolute atomic E-state index is 0.907. The van der Waals surface area contributed by atoms with E-state index in [-0.39, 0.29) is 0 Å². The lowest BCUT2D eigenvalue weighted by molar-refractivity contribution is 1.37. The molecule has 324 valence electrons. The van der Waals surface area contributed by atoms with Gasteiger partial charge in [0.05, 0.1) is 22.4 Å². The molecule has 12 aromatic carbocycles. The summed E-state index contributed by atoms with van der Waals surface area (Å²) >= 11 is 0. The van der Waals surface area contributed by atoms with Crippen molar-refractivity contribution in [2.45, 2.75) is 0 Å². The lowest BCUT2D eigenvalue weighted by Gasteiger charge is -2.21. The largest absolute Gasteiger partial charge is 0.245 e. The Balaban J connectivity index is 0.935. The fourth-order valence-electron chi connectivity index (χ4n) is 11.3. The van der Waals surface area contributed by atoms with Crippen molar-refractivity contribution in [2.75, 3.05) is 0 Å². The van der Waals surface area contributed by atoms with Gasteiger partial charge in [0.15, 0.2) is 0 Å². The second kappa shape index (κ2) is 16.2. The topological polar surface area (TPSA) is 25.8 Å². The van der Waals surface area contributed by atoms with E-state index in [0.717, 1.165) is 49.7 Å². The summed E-state index contributed by atoms with van der Waals surface area (Å²) in [6.07, 6.45) is 0. The molecular formula is C68H42N2. The average molecular weight is 887 g/mol. The number of benzene rings is 12. The molecule has 0 saturated heterocycles. The van der Waals surface area contributed by atoms with Crippen molar-refractivity contribution in [1.82, 2.24) is 9.97 Å². The molecule has 2 heterocycles. The van der Waals surface area contributed by atoms with Crippen LogP contribution in [0.1, 0.15) is 0 Å². The highest BCUT2D eigenvalue weighted by atomic mass is 14.8. The minimum Gasteiger partial charge on any atom is -0.245 e. The highest BCUT2D eigenvalue weighted by molar-refractivity contribution is 6.26. The van der Waals surface area contributed by atoms with Crippen LogP contribution >= 0.6 is 0 Å². The summed E-state index contributed by atoms with van der Waals surface area (Å²) in [5.41, 5.74) is 15.7. The highest BCUT2D eigenvalue weighted by Gasteiger charge is 2.22. The lowest BCUT2D eigenvalue weighted by atomic mass is 9.82. The first kappa shape index (κ1) is 39.9. The molecule has 0 spiro atoms. The summed E-state index contributed by atoms with van der Waals surface area (Å²) in [5.74, 6) is 0. The Bertz CT molecular complexity index is 4340. The van der Waals surface area contributed by atoms with Gasteiger partial charge in [-0.15, -0.1) is 0 Å². The maximum atomic E-state index is 5.40. The Hall–Kier alpha value is -9.24. The predicted octanol–water partition coefficient (Wildman–Crippen LogP) is 18.6. The Morgan fingerprint density at radius 3 is 1.04 bits per heavy atom. The third-order valence-corrected chi connectivity index (χ3v) is 14.5. The van der Waals surface area contributed by atoms with Gasteiger partial charge in [-0.2, -0.15) is 0 Å². The first-order chi connectivity index (χ1) is 34.7. The van der Waals surface area contributed by atoms with Crippen molar-refractivity contribution >= 4 is 75.7 Å². The van der Waals surface area contributed by atoms with Crippen LogP contribution in [0.15, 0.2) is 255 Å². The summed E-state index contributed by atoms with van der Waals surface area (Å²) in [4.78, 5) is 10.6. The van der Waals surface area contributed by atoms with Crippen LogP contribution < -0.4 is 0 Å². The lowest BCUT2D eigenvalue weighted by Crippen LogP contribution is -1.94. The fraction of sp³-hybridized carbons (Fsp3) is 0. The molecule has 0 bridgehead atoms. The zero-order valence-electron chi connectivity index (χ0n) is 38.1. The van der Waals surface area contributed by atoms with Crippen molar-refractivity contribution in [1.29, 1.82) is 0 Å². The molecule has 0 atom stereocenters. The fourth-order valence-corrected chi connectivity index (χ4v) is 11.3. The van der Waals surface area contributed by atoms with Gasteiger partial charge in [0.25, 0.3) is 0 Å². The summed E-state index contributed by atoms with van der Waals surface area (Å²) in [7, 11) is 0. The SMILES string of the molecule is c1ccc(-c2ccc3ccc4ccc(-c5cccc6c(-c7ccc(-c8c9ccccc9c(-c9ccc(-c%10ccccc%10)c%10ccccc9%10)c9ccccc89)c8ccccc78)cccc56)nc4c3n2)cc1. The number of nitrogens with zero attached hydrogens (tertiary/aromatic N) is 2. The second-order valence-electron chi connectivity index (χ2n) is 18.3. The van der Waals surface area contributed by atoms with Gasteiger partial charge >= 0.3 is 0 Å². The van der Waals surface area contributed by atoms with Crippen molar-refractivity contribution in [3.05, 3.63) is 255 Å². The molecule has 2 heteroatoms. The smallest absolute Gasteiger partial charge is 0.0972 e. The third kappa shape index (κ3) is 6.35. The van der Waals surface area contributed by atoms with Crippen molar-refractivity contribution in [2.24, 2.45) is 0 Å². The van der Waals surface area contributed by atoms with E-state index in [2.05, 4.69) is 249 Å². The molecule has 2 aromatic heterocycles. The normalized spacial score (nSPS) is 11.7. The van der Waals surface area contributed by atoms with E-state index in [1.807, 2.05) is 6.07 Å². The number of pyridine rings is 2. The van der Waals surface area contributed by atoms with E-state index in [1.165, 1.54) is 93.0 Å². The molecule has 2 nitrogen and oxygen atoms in total. The van der Waals surface area contributed by atoms with Crippen LogP contribution in [-0.4, -0.2) is 9.97 Å². The maximum absolute atomic E-state index is 5.40. The van der Waals surface area contributed by atoms with Gasteiger partial charge in [-0.3, -0.25) is 0 Å². The molecule has 14 rings (SSSR count). The van der Waals surface area contributed by atoms with E-state index >= 15 is 0 Å². The van der Waals surface area contributed by atoms with E-state index in [1.54, 1.807) is 0 Å². The van der Waals surface area contributed by atoms with Crippen molar-refractivity contribution < 1.29 is 0 Å². The van der Waals surface area contributed by atoms with Crippen LogP contribution in [0.2, 0.25) is 0 Å². The zero-order chi connectivity index (χ0) is 46.1. The van der Waals surface area contributed by atoms with Crippen LogP contribution in [0.4, 0.5) is 0 Å². The first-order valence-corrected chi connectivity index (χ1v) is 24.1. The molecule has 0 radical (unpaired) electrons. The molecule has 0 amide bonds. The van der Waals surface area contributed by atoms with Gasteiger partial charge < -0.3 is 0 Å². The summed E-state index contributed by atoms with van der Waals surface area (Å²) in [6, 6.07) is 92.6. The molecule has 70 heavy (non-hydrogen) atoms. The number of hydrogen-bond donors (Lipinski definition) is 0. The summed E-state index contributed by atoms with van der Waals surface area (Å²) in [6.45, 7) is 0. The van der Waals surface area contributed by atoms with Crippen LogP contribution in [0.25, 0.3) is 143 Å². The van der Waals surface area contributed by atoms with Gasteiger partial charge in [-0.1, -0.05) is 243 Å². The standard InChI is InChI=1S/C68H42N2/c1-3-17-43(18-4-1)47-37-39-61(53-23-9-7-21-48(47)53)65-57-25-11-13-27-59(57)66(60-28-14-12-26-58(60)65)62-40-38-55(49-22-8-10-24-54(49)62)51-29-15-31-52-50(51)30-16-32-56(52)64-42-36-46-34-33-45-35-41-63(44-19-5-2-6-20-44)69-67(45)68(46)70-64/h1-42H. The number of fused-ring (bicyclic) bond motifs is 8. The molecular weight excluding hydrogens is 845 g/mol.